The minimum absolute atomic E-state index is 0.184. The van der Waals surface area contributed by atoms with E-state index in [1.165, 1.54) is 11.3 Å². The Morgan fingerprint density at radius 1 is 1.14 bits per heavy atom. The summed E-state index contributed by atoms with van der Waals surface area (Å²) in [5, 5.41) is 19.8. The summed E-state index contributed by atoms with van der Waals surface area (Å²) < 4.78 is 1.72. The highest BCUT2D eigenvalue weighted by molar-refractivity contribution is 7.80. The van der Waals surface area contributed by atoms with Crippen molar-refractivity contribution in [3.05, 3.63) is 64.4 Å². The zero-order valence-corrected chi connectivity index (χ0v) is 17.8. The van der Waals surface area contributed by atoms with Crippen molar-refractivity contribution < 1.29 is 4.79 Å². The van der Waals surface area contributed by atoms with Crippen LogP contribution in [0, 0.1) is 13.8 Å². The van der Waals surface area contributed by atoms with Crippen LogP contribution >= 0.6 is 35.2 Å². The number of carbonyl (C=O) groups is 1. The van der Waals surface area contributed by atoms with Gasteiger partial charge in [-0.05, 0) is 49.8 Å². The minimum Gasteiger partial charge on any atom is -0.332 e. The Kier molecular flexibility index (Phi) is 5.27. The van der Waals surface area contributed by atoms with E-state index in [9.17, 15) is 4.79 Å². The standard InChI is InChI=1S/C19H15ClN6OS2/c1-10-12(17-25-26-11(2)23-24-19(26)29-17)7-5-9-15(10)21-18(28)22-16(27)13-6-3-4-8-14(13)20/h3-9H,1-2H3,(H2,21,22,27,28). The Bertz CT molecular complexity index is 1250. The number of aromatic nitrogens is 4. The Hall–Kier alpha value is -2.88. The van der Waals surface area contributed by atoms with Gasteiger partial charge < -0.3 is 5.32 Å². The first-order valence-electron chi connectivity index (χ1n) is 8.59. The molecule has 2 aromatic heterocycles. The van der Waals surface area contributed by atoms with Crippen molar-refractivity contribution in [1.82, 2.24) is 25.1 Å². The molecule has 29 heavy (non-hydrogen) atoms. The molecule has 0 unspecified atom stereocenters. The Morgan fingerprint density at radius 2 is 1.93 bits per heavy atom. The van der Waals surface area contributed by atoms with Crippen LogP contribution in [0.5, 0.6) is 0 Å². The molecule has 2 N–H and O–H groups in total. The molecule has 0 atom stereocenters. The van der Waals surface area contributed by atoms with Gasteiger partial charge in [-0.25, -0.2) is 0 Å². The topological polar surface area (TPSA) is 84.2 Å². The van der Waals surface area contributed by atoms with Crippen LogP contribution in [0.4, 0.5) is 5.69 Å². The van der Waals surface area contributed by atoms with Gasteiger partial charge in [0.2, 0.25) is 4.96 Å². The molecule has 1 amide bonds. The molecule has 0 aliphatic rings. The van der Waals surface area contributed by atoms with Crippen LogP contribution in [-0.2, 0) is 0 Å². The van der Waals surface area contributed by atoms with Crippen LogP contribution in [0.25, 0.3) is 15.5 Å². The van der Waals surface area contributed by atoms with E-state index in [2.05, 4.69) is 25.9 Å². The highest BCUT2D eigenvalue weighted by atomic mass is 35.5. The molecule has 2 aromatic carbocycles. The largest absolute Gasteiger partial charge is 0.332 e. The number of nitrogens with zero attached hydrogens (tertiary/aromatic N) is 4. The maximum absolute atomic E-state index is 12.4. The van der Waals surface area contributed by atoms with Crippen molar-refractivity contribution in [2.24, 2.45) is 0 Å². The van der Waals surface area contributed by atoms with Gasteiger partial charge in [0.25, 0.3) is 5.91 Å². The summed E-state index contributed by atoms with van der Waals surface area (Å²) in [6.45, 7) is 3.82. The predicted molar refractivity (Wildman–Crippen MR) is 119 cm³/mol. The Labute approximate surface area is 180 Å². The molecule has 0 aliphatic carbocycles. The van der Waals surface area contributed by atoms with Gasteiger partial charge in [0.1, 0.15) is 5.01 Å². The smallest absolute Gasteiger partial charge is 0.258 e. The summed E-state index contributed by atoms with van der Waals surface area (Å²) in [6, 6.07) is 12.6. The number of halogens is 1. The van der Waals surface area contributed by atoms with Gasteiger partial charge >= 0.3 is 0 Å². The van der Waals surface area contributed by atoms with Gasteiger partial charge in [-0.2, -0.15) is 9.61 Å². The van der Waals surface area contributed by atoms with Gasteiger partial charge in [0.05, 0.1) is 10.6 Å². The number of fused-ring (bicyclic) bond motifs is 1. The quantitative estimate of drug-likeness (QED) is 0.461. The number of amides is 1. The predicted octanol–water partition coefficient (Wildman–Crippen LogP) is 4.25. The number of hydrogen-bond donors (Lipinski definition) is 2. The molecular weight excluding hydrogens is 428 g/mol. The summed E-state index contributed by atoms with van der Waals surface area (Å²) >= 11 is 12.8. The van der Waals surface area contributed by atoms with Crippen LogP contribution in [0.15, 0.2) is 42.5 Å². The molecule has 0 fully saturated rings. The van der Waals surface area contributed by atoms with Crippen molar-refractivity contribution in [1.29, 1.82) is 0 Å². The molecule has 0 saturated carbocycles. The zero-order valence-electron chi connectivity index (χ0n) is 15.4. The highest BCUT2D eigenvalue weighted by Gasteiger charge is 2.15. The number of aryl methyl sites for hydroxylation is 1. The minimum atomic E-state index is -0.369. The van der Waals surface area contributed by atoms with Crippen LogP contribution in [0.2, 0.25) is 5.02 Å². The molecule has 2 heterocycles. The lowest BCUT2D eigenvalue weighted by Crippen LogP contribution is -2.34. The third kappa shape index (κ3) is 3.84. The number of thiocarbonyl (C=S) groups is 1. The van der Waals surface area contributed by atoms with Gasteiger partial charge in [0.15, 0.2) is 10.9 Å². The Morgan fingerprint density at radius 3 is 2.69 bits per heavy atom. The summed E-state index contributed by atoms with van der Waals surface area (Å²) in [4.78, 5) is 13.1. The molecule has 0 bridgehead atoms. The monoisotopic (exact) mass is 442 g/mol. The molecular formula is C19H15ClN6OS2. The lowest BCUT2D eigenvalue weighted by Gasteiger charge is -2.14. The van der Waals surface area contributed by atoms with E-state index in [1.54, 1.807) is 28.8 Å². The summed E-state index contributed by atoms with van der Waals surface area (Å²) in [6.07, 6.45) is 0. The lowest BCUT2D eigenvalue weighted by atomic mass is 10.1. The molecule has 0 aliphatic heterocycles. The molecule has 4 rings (SSSR count). The van der Waals surface area contributed by atoms with E-state index in [0.29, 0.717) is 10.6 Å². The van der Waals surface area contributed by atoms with Crippen molar-refractivity contribution in [2.75, 3.05) is 5.32 Å². The van der Waals surface area contributed by atoms with E-state index in [-0.39, 0.29) is 11.0 Å². The molecule has 0 radical (unpaired) electrons. The summed E-state index contributed by atoms with van der Waals surface area (Å²) in [5.41, 5.74) is 3.03. The number of carbonyl (C=O) groups excluding carboxylic acids is 1. The summed E-state index contributed by atoms with van der Waals surface area (Å²) in [5.74, 6) is 0.365. The SMILES string of the molecule is Cc1c(NC(=S)NC(=O)c2ccccc2Cl)cccc1-c1nn2c(C)nnc2s1. The molecule has 10 heteroatoms. The maximum atomic E-state index is 12.4. The van der Waals surface area contributed by atoms with Crippen LogP contribution in [-0.4, -0.2) is 30.8 Å². The van der Waals surface area contributed by atoms with Gasteiger partial charge in [-0.1, -0.05) is 47.2 Å². The number of benzene rings is 2. The first-order chi connectivity index (χ1) is 13.9. The van der Waals surface area contributed by atoms with Crippen molar-refractivity contribution >= 4 is 56.8 Å². The highest BCUT2D eigenvalue weighted by Crippen LogP contribution is 2.31. The number of nitrogens with one attached hydrogen (secondary N) is 2. The third-order valence-electron chi connectivity index (χ3n) is 4.30. The molecule has 146 valence electrons. The fraction of sp³-hybridized carbons (Fsp3) is 0.105. The van der Waals surface area contributed by atoms with Crippen LogP contribution in [0.3, 0.4) is 0 Å². The Balaban J connectivity index is 1.55. The first-order valence-corrected chi connectivity index (χ1v) is 10.2. The average Bonchev–Trinajstić information content (AvgIpc) is 3.26. The average molecular weight is 443 g/mol. The molecule has 0 spiro atoms. The van der Waals surface area contributed by atoms with E-state index >= 15 is 0 Å². The maximum Gasteiger partial charge on any atom is 0.258 e. The molecule has 7 nitrogen and oxygen atoms in total. The molecule has 4 aromatic rings. The second kappa shape index (κ2) is 7.86. The molecule has 0 saturated heterocycles. The van der Waals surface area contributed by atoms with E-state index in [1.807, 2.05) is 32.0 Å². The summed E-state index contributed by atoms with van der Waals surface area (Å²) in [7, 11) is 0. The van der Waals surface area contributed by atoms with E-state index in [4.69, 9.17) is 23.8 Å². The zero-order chi connectivity index (χ0) is 20.5. The van der Waals surface area contributed by atoms with Crippen molar-refractivity contribution in [3.8, 4) is 10.6 Å². The fourth-order valence-corrected chi connectivity index (χ4v) is 4.19. The van der Waals surface area contributed by atoms with E-state index < -0.39 is 0 Å². The second-order valence-corrected chi connectivity index (χ2v) is 7.99. The van der Waals surface area contributed by atoms with Gasteiger partial charge in [0, 0.05) is 11.3 Å². The normalized spacial score (nSPS) is 10.9. The first kappa shape index (κ1) is 19.4. The van der Waals surface area contributed by atoms with Crippen molar-refractivity contribution in [2.45, 2.75) is 13.8 Å². The number of anilines is 1. The number of hydrogen-bond acceptors (Lipinski definition) is 6. The van der Waals surface area contributed by atoms with E-state index in [0.717, 1.165) is 32.6 Å². The second-order valence-electron chi connectivity index (χ2n) is 6.22. The fourth-order valence-electron chi connectivity index (χ4n) is 2.80. The third-order valence-corrected chi connectivity index (χ3v) is 5.77. The van der Waals surface area contributed by atoms with Crippen molar-refractivity contribution in [3.63, 3.8) is 0 Å². The van der Waals surface area contributed by atoms with Gasteiger partial charge in [-0.3, -0.25) is 10.1 Å². The number of rotatable bonds is 3. The van der Waals surface area contributed by atoms with Gasteiger partial charge in [-0.15, -0.1) is 10.2 Å². The van der Waals surface area contributed by atoms with Crippen LogP contribution in [0.1, 0.15) is 21.7 Å². The lowest BCUT2D eigenvalue weighted by molar-refractivity contribution is 0.0978. The van der Waals surface area contributed by atoms with Crippen LogP contribution < -0.4 is 10.6 Å².